The molecule has 0 aliphatic carbocycles. The molecule has 0 saturated carbocycles. The molecule has 0 aliphatic heterocycles. The minimum absolute atomic E-state index is 0.0763. The van der Waals surface area contributed by atoms with Crippen molar-refractivity contribution in [3.8, 4) is 11.3 Å². The van der Waals surface area contributed by atoms with Crippen LogP contribution in [0.4, 0.5) is 5.13 Å². The van der Waals surface area contributed by atoms with Gasteiger partial charge in [0.05, 0.1) is 11.4 Å². The second-order valence-corrected chi connectivity index (χ2v) is 8.37. The lowest BCUT2D eigenvalue weighted by Gasteiger charge is -1.99. The third-order valence-electron chi connectivity index (χ3n) is 2.82. The Morgan fingerprint density at radius 1 is 1.35 bits per heavy atom. The fourth-order valence-corrected chi connectivity index (χ4v) is 4.21. The van der Waals surface area contributed by atoms with Crippen LogP contribution in [0.5, 0.6) is 0 Å². The summed E-state index contributed by atoms with van der Waals surface area (Å²) < 4.78 is 0.861. The third kappa shape index (κ3) is 4.54. The van der Waals surface area contributed by atoms with E-state index >= 15 is 0 Å². The van der Waals surface area contributed by atoms with Crippen molar-refractivity contribution < 1.29 is 4.79 Å². The number of hydrogen-bond acceptors (Lipinski definition) is 6. The number of thioether (sulfide) groups is 1. The molecule has 0 spiro atoms. The van der Waals surface area contributed by atoms with Gasteiger partial charge in [0.25, 0.3) is 0 Å². The number of benzene rings is 1. The first-order valence-corrected chi connectivity index (χ1v) is 9.72. The van der Waals surface area contributed by atoms with E-state index in [9.17, 15) is 4.79 Å². The molecule has 8 heteroatoms. The molecule has 0 bridgehead atoms. The molecule has 23 heavy (non-hydrogen) atoms. The van der Waals surface area contributed by atoms with E-state index in [1.807, 2.05) is 36.6 Å². The number of anilines is 1. The highest BCUT2D eigenvalue weighted by Crippen LogP contribution is 2.29. The second kappa shape index (κ2) is 7.44. The molecule has 3 aromatic rings. The van der Waals surface area contributed by atoms with E-state index in [1.165, 1.54) is 34.4 Å². The van der Waals surface area contributed by atoms with Crippen LogP contribution in [0.2, 0.25) is 5.02 Å². The molecule has 2 aromatic heterocycles. The Kier molecular flexibility index (Phi) is 5.32. The zero-order chi connectivity index (χ0) is 16.2. The Hall–Kier alpha value is -1.41. The lowest BCUT2D eigenvalue weighted by Crippen LogP contribution is -2.13. The van der Waals surface area contributed by atoms with Crippen LogP contribution in [0.1, 0.15) is 4.88 Å². The van der Waals surface area contributed by atoms with Crippen LogP contribution in [-0.4, -0.2) is 21.6 Å². The van der Waals surface area contributed by atoms with E-state index in [0.717, 1.165) is 20.5 Å². The molecule has 1 aromatic carbocycles. The summed E-state index contributed by atoms with van der Waals surface area (Å²) in [7, 11) is 0. The first-order chi connectivity index (χ1) is 11.1. The highest BCUT2D eigenvalue weighted by molar-refractivity contribution is 8.01. The summed E-state index contributed by atoms with van der Waals surface area (Å²) in [6, 6.07) is 7.55. The number of carbonyl (C=O) groups is 1. The molecule has 0 aliphatic rings. The molecule has 2 heterocycles. The van der Waals surface area contributed by atoms with Gasteiger partial charge in [-0.2, -0.15) is 0 Å². The van der Waals surface area contributed by atoms with Gasteiger partial charge in [-0.3, -0.25) is 4.79 Å². The monoisotopic (exact) mass is 381 g/mol. The van der Waals surface area contributed by atoms with E-state index in [-0.39, 0.29) is 5.91 Å². The average Bonchev–Trinajstić information content (AvgIpc) is 3.15. The molecule has 118 valence electrons. The number of aromatic nitrogens is 2. The predicted molar refractivity (Wildman–Crippen MR) is 98.8 cm³/mol. The molecule has 4 nitrogen and oxygen atoms in total. The number of halogens is 1. The minimum Gasteiger partial charge on any atom is -0.301 e. The lowest BCUT2D eigenvalue weighted by atomic mass is 10.2. The number of nitrogens with one attached hydrogen (secondary N) is 1. The first kappa shape index (κ1) is 16.4. The maximum Gasteiger partial charge on any atom is 0.236 e. The molecule has 0 unspecified atom stereocenters. The Balaban J connectivity index is 1.56. The van der Waals surface area contributed by atoms with Crippen molar-refractivity contribution in [2.24, 2.45) is 0 Å². The summed E-state index contributed by atoms with van der Waals surface area (Å²) in [4.78, 5) is 21.6. The van der Waals surface area contributed by atoms with Gasteiger partial charge in [-0.1, -0.05) is 35.5 Å². The predicted octanol–water partition coefficient (Wildman–Crippen LogP) is 4.96. The normalized spacial score (nSPS) is 10.7. The van der Waals surface area contributed by atoms with Crippen molar-refractivity contribution in [1.29, 1.82) is 0 Å². The topological polar surface area (TPSA) is 54.9 Å². The second-order valence-electron chi connectivity index (χ2n) is 4.62. The number of nitrogens with zero attached hydrogens (tertiary/aromatic N) is 2. The van der Waals surface area contributed by atoms with Crippen molar-refractivity contribution in [2.75, 3.05) is 11.1 Å². The molecule has 3 rings (SSSR count). The molecular formula is C15H12ClN3OS3. The molecule has 0 atom stereocenters. The fraction of sp³-hybridized carbons (Fsp3) is 0.133. The van der Waals surface area contributed by atoms with Gasteiger partial charge in [-0.05, 0) is 19.1 Å². The summed E-state index contributed by atoms with van der Waals surface area (Å²) in [5, 5.41) is 6.10. The van der Waals surface area contributed by atoms with Crippen LogP contribution in [0.3, 0.4) is 0 Å². The highest BCUT2D eigenvalue weighted by atomic mass is 35.5. The summed E-state index contributed by atoms with van der Waals surface area (Å²) >= 11 is 10.3. The summed E-state index contributed by atoms with van der Waals surface area (Å²) in [5.41, 5.74) is 1.91. The number of amides is 1. The number of rotatable bonds is 5. The van der Waals surface area contributed by atoms with Crippen molar-refractivity contribution in [1.82, 2.24) is 9.97 Å². The zero-order valence-corrected chi connectivity index (χ0v) is 15.3. The smallest absolute Gasteiger partial charge is 0.236 e. The molecule has 0 radical (unpaired) electrons. The number of hydrogen-bond donors (Lipinski definition) is 1. The molecule has 0 saturated heterocycles. The van der Waals surface area contributed by atoms with Gasteiger partial charge in [0, 0.05) is 27.0 Å². The fourth-order valence-electron chi connectivity index (χ4n) is 1.77. The van der Waals surface area contributed by atoms with E-state index in [4.69, 9.17) is 11.6 Å². The van der Waals surface area contributed by atoms with Gasteiger partial charge in [-0.15, -0.1) is 22.7 Å². The van der Waals surface area contributed by atoms with Crippen LogP contribution in [0, 0.1) is 6.92 Å². The molecule has 1 N–H and O–H groups in total. The van der Waals surface area contributed by atoms with Crippen LogP contribution < -0.4 is 5.32 Å². The molecular weight excluding hydrogens is 370 g/mol. The zero-order valence-electron chi connectivity index (χ0n) is 12.1. The van der Waals surface area contributed by atoms with E-state index in [2.05, 4.69) is 15.3 Å². The van der Waals surface area contributed by atoms with E-state index < -0.39 is 0 Å². The van der Waals surface area contributed by atoms with Crippen LogP contribution in [0.15, 0.2) is 40.2 Å². The largest absolute Gasteiger partial charge is 0.301 e. The maximum atomic E-state index is 11.9. The van der Waals surface area contributed by atoms with Crippen molar-refractivity contribution in [3.05, 3.63) is 45.7 Å². The van der Waals surface area contributed by atoms with Crippen molar-refractivity contribution >= 4 is 57.1 Å². The molecule has 0 fully saturated rings. The van der Waals surface area contributed by atoms with Crippen molar-refractivity contribution in [2.45, 2.75) is 11.3 Å². The molecule has 1 amide bonds. The Morgan fingerprint density at radius 3 is 2.83 bits per heavy atom. The SMILES string of the molecule is Cc1cnc(NC(=O)CSc2nc(-c3ccc(Cl)cc3)cs2)s1. The summed E-state index contributed by atoms with van der Waals surface area (Å²) in [6.07, 6.45) is 1.74. The summed E-state index contributed by atoms with van der Waals surface area (Å²) in [6.45, 7) is 1.95. The van der Waals surface area contributed by atoms with Crippen LogP contribution in [0.25, 0.3) is 11.3 Å². The Morgan fingerprint density at radius 2 is 2.13 bits per heavy atom. The van der Waals surface area contributed by atoms with Gasteiger partial charge >= 0.3 is 0 Å². The van der Waals surface area contributed by atoms with Gasteiger partial charge < -0.3 is 5.32 Å². The first-order valence-electron chi connectivity index (χ1n) is 6.67. The maximum absolute atomic E-state index is 11.9. The summed E-state index contributed by atoms with van der Waals surface area (Å²) in [5.74, 6) is 0.235. The quantitative estimate of drug-likeness (QED) is 0.634. The Bertz CT molecular complexity index is 813. The number of thiazole rings is 2. The van der Waals surface area contributed by atoms with Crippen molar-refractivity contribution in [3.63, 3.8) is 0 Å². The Labute approximate surface area is 150 Å². The van der Waals surface area contributed by atoms with Gasteiger partial charge in [0.15, 0.2) is 9.47 Å². The lowest BCUT2D eigenvalue weighted by molar-refractivity contribution is -0.113. The highest BCUT2D eigenvalue weighted by Gasteiger charge is 2.09. The number of carbonyl (C=O) groups excluding carboxylic acids is 1. The average molecular weight is 382 g/mol. The number of aryl methyl sites for hydroxylation is 1. The standard InChI is InChI=1S/C15H12ClN3OS3/c1-9-6-17-14(23-9)19-13(20)8-22-15-18-12(7-21-15)10-2-4-11(16)5-3-10/h2-7H,8H2,1H3,(H,17,19,20). The van der Waals surface area contributed by atoms with Gasteiger partial charge in [0.1, 0.15) is 0 Å². The van der Waals surface area contributed by atoms with Gasteiger partial charge in [-0.25, -0.2) is 9.97 Å². The van der Waals surface area contributed by atoms with E-state index in [0.29, 0.717) is 15.9 Å². The van der Waals surface area contributed by atoms with Crippen LogP contribution in [-0.2, 0) is 4.79 Å². The third-order valence-corrected chi connectivity index (χ3v) is 5.92. The van der Waals surface area contributed by atoms with Crippen LogP contribution >= 0.6 is 46.0 Å². The van der Waals surface area contributed by atoms with Gasteiger partial charge in [0.2, 0.25) is 5.91 Å². The minimum atomic E-state index is -0.0763. The van der Waals surface area contributed by atoms with E-state index in [1.54, 1.807) is 6.20 Å².